The van der Waals surface area contributed by atoms with Crippen molar-refractivity contribution in [3.8, 4) is 5.75 Å². The Balaban J connectivity index is 1.65. The highest BCUT2D eigenvalue weighted by molar-refractivity contribution is 8.15. The van der Waals surface area contributed by atoms with Gasteiger partial charge in [0.25, 0.3) is 0 Å². The van der Waals surface area contributed by atoms with Crippen LogP contribution in [0.25, 0.3) is 0 Å². The van der Waals surface area contributed by atoms with Crippen molar-refractivity contribution in [1.29, 1.82) is 0 Å². The number of carbonyl (C=O) groups is 2. The van der Waals surface area contributed by atoms with Crippen molar-refractivity contribution >= 4 is 40.6 Å². The molecule has 1 aliphatic heterocycles. The minimum Gasteiger partial charge on any atom is -0.497 e. The van der Waals surface area contributed by atoms with Crippen LogP contribution >= 0.6 is 11.8 Å². The third-order valence-corrected chi connectivity index (χ3v) is 4.73. The van der Waals surface area contributed by atoms with Crippen LogP contribution in [0, 0.1) is 0 Å². The van der Waals surface area contributed by atoms with Crippen molar-refractivity contribution in [2.75, 3.05) is 12.4 Å². The summed E-state index contributed by atoms with van der Waals surface area (Å²) in [6, 6.07) is 16.5. The SMILES string of the molecule is COc1cccc(NC(=O)[C@@H]2CC(=O)NC(=NN=Cc3ccccc3)S2)c1. The zero-order valence-electron chi connectivity index (χ0n) is 14.6. The summed E-state index contributed by atoms with van der Waals surface area (Å²) in [6.07, 6.45) is 1.65. The molecule has 0 spiro atoms. The van der Waals surface area contributed by atoms with Gasteiger partial charge in [0.15, 0.2) is 5.17 Å². The molecule has 0 unspecified atom stereocenters. The minimum absolute atomic E-state index is 0.0713. The Hall–Kier alpha value is -3.13. The number of methoxy groups -OCH3 is 1. The number of amidine groups is 1. The number of thioether (sulfide) groups is 1. The summed E-state index contributed by atoms with van der Waals surface area (Å²) in [5.41, 5.74) is 1.49. The number of nitrogens with zero attached hydrogens (tertiary/aromatic N) is 2. The van der Waals surface area contributed by atoms with Crippen LogP contribution in [0.5, 0.6) is 5.75 Å². The third kappa shape index (κ3) is 5.42. The maximum Gasteiger partial charge on any atom is 0.238 e. The Morgan fingerprint density at radius 1 is 1.26 bits per heavy atom. The van der Waals surface area contributed by atoms with Gasteiger partial charge in [-0.1, -0.05) is 48.2 Å². The van der Waals surface area contributed by atoms with Crippen LogP contribution < -0.4 is 15.4 Å². The molecule has 1 aliphatic rings. The lowest BCUT2D eigenvalue weighted by atomic mass is 10.2. The van der Waals surface area contributed by atoms with Gasteiger partial charge >= 0.3 is 0 Å². The lowest BCUT2D eigenvalue weighted by Crippen LogP contribution is -2.41. The molecule has 2 aromatic rings. The van der Waals surface area contributed by atoms with E-state index < -0.39 is 5.25 Å². The zero-order valence-corrected chi connectivity index (χ0v) is 15.4. The molecule has 8 heteroatoms. The molecule has 3 rings (SSSR count). The van der Waals surface area contributed by atoms with E-state index in [1.165, 1.54) is 11.8 Å². The van der Waals surface area contributed by atoms with E-state index in [1.54, 1.807) is 37.6 Å². The molecule has 2 aromatic carbocycles. The van der Waals surface area contributed by atoms with E-state index in [9.17, 15) is 9.59 Å². The topological polar surface area (TPSA) is 92.1 Å². The first-order valence-corrected chi connectivity index (χ1v) is 9.09. The fourth-order valence-corrected chi connectivity index (χ4v) is 3.29. The summed E-state index contributed by atoms with van der Waals surface area (Å²) in [4.78, 5) is 24.4. The second-order valence-electron chi connectivity index (χ2n) is 5.64. The molecule has 0 radical (unpaired) electrons. The first kappa shape index (κ1) is 18.7. The number of hydrogen-bond acceptors (Lipinski definition) is 6. The maximum atomic E-state index is 12.5. The molecule has 0 aromatic heterocycles. The van der Waals surface area contributed by atoms with E-state index in [0.717, 1.165) is 5.56 Å². The van der Waals surface area contributed by atoms with E-state index in [2.05, 4.69) is 20.8 Å². The molecule has 138 valence electrons. The summed E-state index contributed by atoms with van der Waals surface area (Å²) in [5, 5.41) is 13.1. The number of nitrogens with one attached hydrogen (secondary N) is 2. The van der Waals surface area contributed by atoms with Gasteiger partial charge in [0.1, 0.15) is 11.0 Å². The minimum atomic E-state index is -0.587. The summed E-state index contributed by atoms with van der Waals surface area (Å²) in [6.45, 7) is 0. The average molecular weight is 382 g/mol. The zero-order chi connectivity index (χ0) is 19.1. The largest absolute Gasteiger partial charge is 0.497 e. The summed E-state index contributed by atoms with van der Waals surface area (Å²) in [5.74, 6) is 0.0930. The van der Waals surface area contributed by atoms with Gasteiger partial charge in [0, 0.05) is 18.2 Å². The van der Waals surface area contributed by atoms with Crippen LogP contribution in [-0.4, -0.2) is 35.6 Å². The van der Waals surface area contributed by atoms with Gasteiger partial charge in [-0.3, -0.25) is 9.59 Å². The molecule has 7 nitrogen and oxygen atoms in total. The van der Waals surface area contributed by atoms with Crippen LogP contribution in [0.2, 0.25) is 0 Å². The fraction of sp³-hybridized carbons (Fsp3) is 0.158. The summed E-state index contributed by atoms with van der Waals surface area (Å²) >= 11 is 1.17. The summed E-state index contributed by atoms with van der Waals surface area (Å²) in [7, 11) is 1.56. The van der Waals surface area contributed by atoms with Gasteiger partial charge in [0.2, 0.25) is 11.8 Å². The van der Waals surface area contributed by atoms with Crippen molar-refractivity contribution in [3.63, 3.8) is 0 Å². The lowest BCUT2D eigenvalue weighted by Gasteiger charge is -2.21. The number of carbonyl (C=O) groups excluding carboxylic acids is 2. The van der Waals surface area contributed by atoms with Crippen molar-refractivity contribution in [2.45, 2.75) is 11.7 Å². The van der Waals surface area contributed by atoms with Crippen molar-refractivity contribution in [2.24, 2.45) is 10.2 Å². The van der Waals surface area contributed by atoms with Gasteiger partial charge in [-0.2, -0.15) is 5.10 Å². The number of hydrogen-bond donors (Lipinski definition) is 2. The fourth-order valence-electron chi connectivity index (χ4n) is 2.35. The number of rotatable bonds is 5. The molecule has 1 fully saturated rings. The Morgan fingerprint density at radius 3 is 2.85 bits per heavy atom. The highest BCUT2D eigenvalue weighted by atomic mass is 32.2. The van der Waals surface area contributed by atoms with Gasteiger partial charge < -0.3 is 15.4 Å². The Morgan fingerprint density at radius 2 is 2.07 bits per heavy atom. The third-order valence-electron chi connectivity index (χ3n) is 3.66. The highest BCUT2D eigenvalue weighted by Crippen LogP contribution is 2.23. The summed E-state index contributed by atoms with van der Waals surface area (Å²) < 4.78 is 5.14. The molecule has 2 amide bonds. The molecule has 27 heavy (non-hydrogen) atoms. The number of anilines is 1. The number of ether oxygens (including phenoxy) is 1. The van der Waals surface area contributed by atoms with E-state index in [0.29, 0.717) is 16.6 Å². The van der Waals surface area contributed by atoms with Crippen LogP contribution in [0.3, 0.4) is 0 Å². The number of benzene rings is 2. The first-order valence-electron chi connectivity index (χ1n) is 8.21. The molecule has 0 aliphatic carbocycles. The van der Waals surface area contributed by atoms with E-state index in [4.69, 9.17) is 4.74 Å². The quantitative estimate of drug-likeness (QED) is 0.614. The lowest BCUT2D eigenvalue weighted by molar-refractivity contribution is -0.123. The Labute approximate surface area is 160 Å². The van der Waals surface area contributed by atoms with Crippen LogP contribution in [0.4, 0.5) is 5.69 Å². The monoisotopic (exact) mass is 382 g/mol. The van der Waals surface area contributed by atoms with Crippen molar-refractivity contribution < 1.29 is 14.3 Å². The molecule has 1 heterocycles. The smallest absolute Gasteiger partial charge is 0.238 e. The highest BCUT2D eigenvalue weighted by Gasteiger charge is 2.30. The van der Waals surface area contributed by atoms with Crippen LogP contribution in [0.15, 0.2) is 64.8 Å². The molecular weight excluding hydrogens is 364 g/mol. The van der Waals surface area contributed by atoms with E-state index in [-0.39, 0.29) is 18.2 Å². The molecule has 1 atom stereocenters. The van der Waals surface area contributed by atoms with Crippen LogP contribution in [-0.2, 0) is 9.59 Å². The Bertz CT molecular complexity index is 884. The maximum absolute atomic E-state index is 12.5. The standard InChI is InChI=1S/C19H18N4O3S/c1-26-15-9-5-8-14(10-15)21-18(25)16-11-17(24)22-19(27-16)23-20-12-13-6-3-2-4-7-13/h2-10,12,16H,11H2,1H3,(H,21,25)(H,22,23,24)/t16-/m0/s1. The van der Waals surface area contributed by atoms with Crippen molar-refractivity contribution in [3.05, 3.63) is 60.2 Å². The predicted molar refractivity (Wildman–Crippen MR) is 107 cm³/mol. The average Bonchev–Trinajstić information content (AvgIpc) is 2.68. The van der Waals surface area contributed by atoms with E-state index in [1.807, 2.05) is 30.3 Å². The normalized spacial score (nSPS) is 18.3. The van der Waals surface area contributed by atoms with E-state index >= 15 is 0 Å². The number of amides is 2. The first-order chi connectivity index (χ1) is 13.1. The van der Waals surface area contributed by atoms with Gasteiger partial charge in [-0.15, -0.1) is 5.10 Å². The Kier molecular flexibility index (Phi) is 6.22. The second-order valence-corrected chi connectivity index (χ2v) is 6.83. The molecule has 1 saturated heterocycles. The molecular formula is C19H18N4O3S. The van der Waals surface area contributed by atoms with Gasteiger partial charge in [-0.05, 0) is 17.7 Å². The van der Waals surface area contributed by atoms with Crippen LogP contribution in [0.1, 0.15) is 12.0 Å². The second kappa shape index (κ2) is 9.00. The van der Waals surface area contributed by atoms with Gasteiger partial charge in [0.05, 0.1) is 13.3 Å². The molecule has 0 saturated carbocycles. The van der Waals surface area contributed by atoms with Gasteiger partial charge in [-0.25, -0.2) is 0 Å². The molecule has 0 bridgehead atoms. The predicted octanol–water partition coefficient (Wildman–Crippen LogP) is 2.65. The molecule has 2 N–H and O–H groups in total. The van der Waals surface area contributed by atoms with Crippen molar-refractivity contribution in [1.82, 2.24) is 5.32 Å².